The molecule has 112 valence electrons. The van der Waals surface area contributed by atoms with E-state index in [0.29, 0.717) is 6.61 Å². The second kappa shape index (κ2) is 7.24. The van der Waals surface area contributed by atoms with Gasteiger partial charge in [0.25, 0.3) is 0 Å². The van der Waals surface area contributed by atoms with E-state index in [0.717, 1.165) is 31.1 Å². The van der Waals surface area contributed by atoms with Crippen LogP contribution in [0.3, 0.4) is 0 Å². The van der Waals surface area contributed by atoms with E-state index in [4.69, 9.17) is 9.84 Å². The Morgan fingerprint density at radius 3 is 2.40 bits per heavy atom. The Balaban J connectivity index is 2.03. The average molecular weight is 276 g/mol. The maximum Gasteiger partial charge on any atom is 0.0724 e. The Kier molecular flexibility index (Phi) is 5.62. The van der Waals surface area contributed by atoms with Gasteiger partial charge in [-0.1, -0.05) is 44.2 Å². The highest BCUT2D eigenvalue weighted by molar-refractivity contribution is 5.17. The minimum atomic E-state index is -0.0600. The van der Waals surface area contributed by atoms with Crippen molar-refractivity contribution in [3.05, 3.63) is 35.9 Å². The third-order valence-corrected chi connectivity index (χ3v) is 4.75. The van der Waals surface area contributed by atoms with Gasteiger partial charge in [0.1, 0.15) is 0 Å². The molecule has 0 aromatic heterocycles. The van der Waals surface area contributed by atoms with Crippen LogP contribution in [-0.4, -0.2) is 23.9 Å². The summed E-state index contributed by atoms with van der Waals surface area (Å²) in [4.78, 5) is 0. The summed E-state index contributed by atoms with van der Waals surface area (Å²) in [6.45, 7) is 5.22. The summed E-state index contributed by atoms with van der Waals surface area (Å²) >= 11 is 0. The molecule has 0 saturated heterocycles. The number of aliphatic hydroxyl groups is 1. The number of hydrogen-bond acceptors (Lipinski definition) is 2. The van der Waals surface area contributed by atoms with Gasteiger partial charge in [0.2, 0.25) is 0 Å². The fourth-order valence-electron chi connectivity index (χ4n) is 3.44. The molecule has 1 N–H and O–H groups in total. The molecule has 1 saturated carbocycles. The lowest BCUT2D eigenvalue weighted by atomic mass is 9.72. The minimum absolute atomic E-state index is 0.0600. The normalized spacial score (nSPS) is 26.9. The molecule has 1 aliphatic carbocycles. The zero-order valence-electron chi connectivity index (χ0n) is 12.8. The van der Waals surface area contributed by atoms with Crippen LogP contribution in [0.25, 0.3) is 0 Å². The predicted octanol–water partition coefficient (Wildman–Crippen LogP) is 3.82. The first-order valence-corrected chi connectivity index (χ1v) is 7.94. The summed E-state index contributed by atoms with van der Waals surface area (Å²) in [6.07, 6.45) is 5.69. The molecule has 0 spiro atoms. The van der Waals surface area contributed by atoms with Crippen molar-refractivity contribution in [3.8, 4) is 0 Å². The molecule has 1 aromatic rings. The van der Waals surface area contributed by atoms with Gasteiger partial charge in [-0.3, -0.25) is 0 Å². The van der Waals surface area contributed by atoms with Gasteiger partial charge < -0.3 is 9.84 Å². The lowest BCUT2D eigenvalue weighted by Gasteiger charge is -2.41. The molecule has 0 radical (unpaired) electrons. The molecule has 0 unspecified atom stereocenters. The van der Waals surface area contributed by atoms with Gasteiger partial charge in [0.05, 0.1) is 18.8 Å². The van der Waals surface area contributed by atoms with Crippen molar-refractivity contribution in [1.82, 2.24) is 0 Å². The van der Waals surface area contributed by atoms with Crippen LogP contribution >= 0.6 is 0 Å². The molecule has 1 fully saturated rings. The molecule has 1 aromatic carbocycles. The third-order valence-electron chi connectivity index (χ3n) is 4.75. The number of rotatable bonds is 6. The summed E-state index contributed by atoms with van der Waals surface area (Å²) < 4.78 is 6.10. The van der Waals surface area contributed by atoms with Gasteiger partial charge in [-0.15, -0.1) is 0 Å². The molecule has 1 aliphatic rings. The quantitative estimate of drug-likeness (QED) is 0.856. The van der Waals surface area contributed by atoms with Gasteiger partial charge in [-0.25, -0.2) is 0 Å². The van der Waals surface area contributed by atoms with Gasteiger partial charge in [-0.05, 0) is 43.1 Å². The Hall–Kier alpha value is -0.860. The van der Waals surface area contributed by atoms with Crippen LogP contribution in [0, 0.1) is 11.8 Å². The molecular formula is C18H28O2. The fourth-order valence-corrected chi connectivity index (χ4v) is 3.44. The molecule has 2 heteroatoms. The second-order valence-corrected chi connectivity index (χ2v) is 6.50. The molecule has 0 bridgehead atoms. The monoisotopic (exact) mass is 276 g/mol. The number of benzene rings is 1. The number of hydrogen-bond donors (Lipinski definition) is 1. The Bertz CT molecular complexity index is 378. The van der Waals surface area contributed by atoms with Gasteiger partial charge in [0, 0.05) is 6.42 Å². The van der Waals surface area contributed by atoms with Crippen LogP contribution in [0.1, 0.15) is 45.1 Å². The standard InChI is InChI=1S/C18H28O2/c1-15(2)17-8-10-18(11-9-17,20-13-12-19)14-16-6-4-3-5-7-16/h3-7,15,17,19H,8-14H2,1-2H3. The molecular weight excluding hydrogens is 248 g/mol. The number of ether oxygens (including phenoxy) is 1. The van der Waals surface area contributed by atoms with Crippen molar-refractivity contribution in [2.75, 3.05) is 13.2 Å². The van der Waals surface area contributed by atoms with E-state index in [1.54, 1.807) is 0 Å². The van der Waals surface area contributed by atoms with Crippen molar-refractivity contribution >= 4 is 0 Å². The maximum absolute atomic E-state index is 9.09. The Morgan fingerprint density at radius 1 is 1.20 bits per heavy atom. The van der Waals surface area contributed by atoms with Crippen LogP contribution in [0.2, 0.25) is 0 Å². The summed E-state index contributed by atoms with van der Waals surface area (Å²) in [5.74, 6) is 1.60. The molecule has 2 nitrogen and oxygen atoms in total. The highest BCUT2D eigenvalue weighted by atomic mass is 16.5. The van der Waals surface area contributed by atoms with E-state index >= 15 is 0 Å². The van der Waals surface area contributed by atoms with Crippen LogP contribution in [0.5, 0.6) is 0 Å². The van der Waals surface area contributed by atoms with Crippen molar-refractivity contribution < 1.29 is 9.84 Å². The van der Waals surface area contributed by atoms with Crippen molar-refractivity contribution in [2.24, 2.45) is 11.8 Å². The van der Waals surface area contributed by atoms with Crippen molar-refractivity contribution in [2.45, 2.75) is 51.6 Å². The first-order chi connectivity index (χ1) is 9.65. The zero-order valence-corrected chi connectivity index (χ0v) is 12.8. The van der Waals surface area contributed by atoms with Crippen LogP contribution in [0.4, 0.5) is 0 Å². The van der Waals surface area contributed by atoms with E-state index in [-0.39, 0.29) is 12.2 Å². The number of aliphatic hydroxyl groups excluding tert-OH is 1. The largest absolute Gasteiger partial charge is 0.394 e. The first-order valence-electron chi connectivity index (χ1n) is 7.94. The highest BCUT2D eigenvalue weighted by Crippen LogP contribution is 2.40. The maximum atomic E-state index is 9.09. The molecule has 0 aliphatic heterocycles. The van der Waals surface area contributed by atoms with Crippen LogP contribution in [0.15, 0.2) is 30.3 Å². The zero-order chi connectivity index (χ0) is 14.4. The molecule has 2 rings (SSSR count). The Labute approximate surface area is 123 Å². The lowest BCUT2D eigenvalue weighted by molar-refractivity contribution is -0.0898. The summed E-state index contributed by atoms with van der Waals surface area (Å²) in [7, 11) is 0. The van der Waals surface area contributed by atoms with Gasteiger partial charge in [-0.2, -0.15) is 0 Å². The Morgan fingerprint density at radius 2 is 1.85 bits per heavy atom. The molecule has 0 amide bonds. The van der Waals surface area contributed by atoms with Crippen LogP contribution < -0.4 is 0 Å². The van der Waals surface area contributed by atoms with E-state index in [1.165, 1.54) is 18.4 Å². The smallest absolute Gasteiger partial charge is 0.0724 e. The third kappa shape index (κ3) is 4.07. The van der Waals surface area contributed by atoms with Crippen LogP contribution in [-0.2, 0) is 11.2 Å². The lowest BCUT2D eigenvalue weighted by Crippen LogP contribution is -2.41. The highest BCUT2D eigenvalue weighted by Gasteiger charge is 2.36. The van der Waals surface area contributed by atoms with Gasteiger partial charge in [0.15, 0.2) is 0 Å². The fraction of sp³-hybridized carbons (Fsp3) is 0.667. The molecule has 20 heavy (non-hydrogen) atoms. The summed E-state index contributed by atoms with van der Waals surface area (Å²) in [5.41, 5.74) is 1.28. The topological polar surface area (TPSA) is 29.5 Å². The molecule has 0 atom stereocenters. The summed E-state index contributed by atoms with van der Waals surface area (Å²) in [6, 6.07) is 10.6. The molecule has 0 heterocycles. The SMILES string of the molecule is CC(C)C1CCC(Cc2ccccc2)(OCCO)CC1. The van der Waals surface area contributed by atoms with E-state index in [9.17, 15) is 0 Å². The first kappa shape index (κ1) is 15.5. The predicted molar refractivity (Wildman–Crippen MR) is 82.7 cm³/mol. The van der Waals surface area contributed by atoms with E-state index in [1.807, 2.05) is 0 Å². The van der Waals surface area contributed by atoms with E-state index in [2.05, 4.69) is 44.2 Å². The van der Waals surface area contributed by atoms with Crippen molar-refractivity contribution in [1.29, 1.82) is 0 Å². The van der Waals surface area contributed by atoms with Crippen molar-refractivity contribution in [3.63, 3.8) is 0 Å². The van der Waals surface area contributed by atoms with E-state index < -0.39 is 0 Å². The second-order valence-electron chi connectivity index (χ2n) is 6.50. The van der Waals surface area contributed by atoms with Gasteiger partial charge >= 0.3 is 0 Å². The summed E-state index contributed by atoms with van der Waals surface area (Å²) in [5, 5.41) is 9.09. The average Bonchev–Trinajstić information content (AvgIpc) is 2.47. The minimum Gasteiger partial charge on any atom is -0.394 e.